The molecule has 0 aromatic rings. The summed E-state index contributed by atoms with van der Waals surface area (Å²) in [5.41, 5.74) is 4.05. The molecule has 1 unspecified atom stereocenters. The molecule has 0 spiro atoms. The van der Waals surface area contributed by atoms with Crippen LogP contribution in [0.2, 0.25) is 0 Å². The van der Waals surface area contributed by atoms with Crippen LogP contribution in [0.4, 0.5) is 0 Å². The zero-order valence-electron chi connectivity index (χ0n) is 8.07. The maximum atomic E-state index is 11.1. The first-order valence-corrected chi connectivity index (χ1v) is 6.32. The average molecular weight is 209 g/mol. The van der Waals surface area contributed by atoms with Crippen LogP contribution in [0.5, 0.6) is 0 Å². The Balaban J connectivity index is 3.53. The van der Waals surface area contributed by atoms with E-state index in [0.717, 1.165) is 19.3 Å². The zero-order chi connectivity index (χ0) is 10.3. The normalized spacial score (nSPS) is 14.4. The summed E-state index contributed by atoms with van der Waals surface area (Å²) in [5, 5.41) is 8.87. The van der Waals surface area contributed by atoms with E-state index in [1.54, 1.807) is 0 Å². The fraction of sp³-hybridized carbons (Fsp3) is 1.00. The maximum Gasteiger partial charge on any atom is 0.176 e. The van der Waals surface area contributed by atoms with Gasteiger partial charge in [-0.3, -0.25) is 0 Å². The van der Waals surface area contributed by atoms with Crippen molar-refractivity contribution in [3.63, 3.8) is 0 Å². The smallest absolute Gasteiger partial charge is 0.176 e. The fourth-order valence-corrected chi connectivity index (χ4v) is 1.92. The van der Waals surface area contributed by atoms with Crippen LogP contribution >= 0.6 is 0 Å². The van der Waals surface area contributed by atoms with E-state index in [4.69, 9.17) is 10.8 Å². The van der Waals surface area contributed by atoms with Crippen LogP contribution in [0.15, 0.2) is 0 Å². The van der Waals surface area contributed by atoms with Crippen molar-refractivity contribution in [2.45, 2.75) is 38.0 Å². The van der Waals surface area contributed by atoms with Gasteiger partial charge in [-0.05, 0) is 26.3 Å². The van der Waals surface area contributed by atoms with E-state index in [-0.39, 0.29) is 5.75 Å². The first kappa shape index (κ1) is 12.9. The Labute approximate surface area is 80.1 Å². The highest BCUT2D eigenvalue weighted by atomic mass is 32.2. The van der Waals surface area contributed by atoms with Crippen molar-refractivity contribution in [3.8, 4) is 0 Å². The van der Waals surface area contributed by atoms with Gasteiger partial charge in [-0.25, -0.2) is 8.42 Å². The monoisotopic (exact) mass is 209 g/mol. The molecule has 0 aromatic carbocycles. The molecule has 0 radical (unpaired) electrons. The van der Waals surface area contributed by atoms with Gasteiger partial charge in [0.15, 0.2) is 15.3 Å². The van der Waals surface area contributed by atoms with Crippen molar-refractivity contribution in [1.82, 2.24) is 0 Å². The molecule has 0 saturated heterocycles. The second-order valence-electron chi connectivity index (χ2n) is 3.17. The summed E-state index contributed by atoms with van der Waals surface area (Å²) in [5.74, 6) is 0.0786. The lowest BCUT2D eigenvalue weighted by Gasteiger charge is -2.05. The molecule has 13 heavy (non-hydrogen) atoms. The van der Waals surface area contributed by atoms with E-state index in [0.29, 0.717) is 13.0 Å². The van der Waals surface area contributed by atoms with Gasteiger partial charge in [0, 0.05) is 0 Å². The Morgan fingerprint density at radius 2 is 1.77 bits per heavy atom. The molecule has 0 bridgehead atoms. The van der Waals surface area contributed by atoms with Gasteiger partial charge in [-0.2, -0.15) is 0 Å². The Morgan fingerprint density at radius 1 is 1.23 bits per heavy atom. The van der Waals surface area contributed by atoms with Gasteiger partial charge in [0.25, 0.3) is 0 Å². The second kappa shape index (κ2) is 6.34. The number of hydrogen-bond donors (Lipinski definition) is 2. The largest absolute Gasteiger partial charge is 0.377 e. The number of hydrogen-bond acceptors (Lipinski definition) is 4. The molecule has 4 nitrogen and oxygen atoms in total. The van der Waals surface area contributed by atoms with Crippen molar-refractivity contribution >= 4 is 9.84 Å². The van der Waals surface area contributed by atoms with Crippen LogP contribution in [0.3, 0.4) is 0 Å². The molecule has 0 aliphatic rings. The lowest BCUT2D eigenvalue weighted by Crippen LogP contribution is -2.20. The van der Waals surface area contributed by atoms with Gasteiger partial charge in [0.2, 0.25) is 0 Å². The first-order chi connectivity index (χ1) is 6.00. The molecule has 0 aromatic heterocycles. The molecule has 0 amide bonds. The molecule has 0 aliphatic carbocycles. The molecule has 0 aliphatic heterocycles. The maximum absolute atomic E-state index is 11.1. The molecule has 1 atom stereocenters. The minimum absolute atomic E-state index is 0.0786. The van der Waals surface area contributed by atoms with E-state index in [9.17, 15) is 8.42 Å². The van der Waals surface area contributed by atoms with Gasteiger partial charge < -0.3 is 10.8 Å². The van der Waals surface area contributed by atoms with Gasteiger partial charge in [0.05, 0.1) is 5.75 Å². The standard InChI is InChI=1S/C8H19NO3S/c1-8(10)13(11,12)7-5-3-2-4-6-9/h8,10H,2-7,9H2,1H3. The highest BCUT2D eigenvalue weighted by Gasteiger charge is 2.16. The summed E-state index contributed by atoms with van der Waals surface area (Å²) in [4.78, 5) is 0. The van der Waals surface area contributed by atoms with E-state index in [1.165, 1.54) is 6.92 Å². The lowest BCUT2D eigenvalue weighted by molar-refractivity contribution is 0.268. The third-order valence-electron chi connectivity index (χ3n) is 1.90. The van der Waals surface area contributed by atoms with Gasteiger partial charge >= 0.3 is 0 Å². The molecule has 3 N–H and O–H groups in total. The van der Waals surface area contributed by atoms with Gasteiger partial charge in [-0.1, -0.05) is 12.8 Å². The van der Waals surface area contributed by atoms with Crippen molar-refractivity contribution in [1.29, 1.82) is 0 Å². The highest BCUT2D eigenvalue weighted by molar-refractivity contribution is 7.91. The quantitative estimate of drug-likeness (QED) is 0.589. The molecule has 0 heterocycles. The van der Waals surface area contributed by atoms with Crippen molar-refractivity contribution in [2.75, 3.05) is 12.3 Å². The predicted molar refractivity (Wildman–Crippen MR) is 53.0 cm³/mol. The van der Waals surface area contributed by atoms with E-state index in [1.807, 2.05) is 0 Å². The highest BCUT2D eigenvalue weighted by Crippen LogP contribution is 2.05. The first-order valence-electron chi connectivity index (χ1n) is 4.60. The summed E-state index contributed by atoms with van der Waals surface area (Å²) in [6.45, 7) is 1.94. The summed E-state index contributed by atoms with van der Waals surface area (Å²) in [6, 6.07) is 0. The van der Waals surface area contributed by atoms with Crippen molar-refractivity contribution in [2.24, 2.45) is 5.73 Å². The van der Waals surface area contributed by atoms with Crippen LogP contribution < -0.4 is 5.73 Å². The molecular formula is C8H19NO3S. The minimum atomic E-state index is -3.26. The number of sulfone groups is 1. The molecular weight excluding hydrogens is 190 g/mol. The average Bonchev–Trinajstić information content (AvgIpc) is 2.03. The fourth-order valence-electron chi connectivity index (χ4n) is 0.972. The topological polar surface area (TPSA) is 80.4 Å². The van der Waals surface area contributed by atoms with E-state index in [2.05, 4.69) is 0 Å². The van der Waals surface area contributed by atoms with Crippen LogP contribution in [0.1, 0.15) is 32.6 Å². The Hall–Kier alpha value is -0.130. The van der Waals surface area contributed by atoms with E-state index < -0.39 is 15.3 Å². The van der Waals surface area contributed by atoms with Crippen LogP contribution in [0, 0.1) is 0 Å². The van der Waals surface area contributed by atoms with Gasteiger partial charge in [0.1, 0.15) is 0 Å². The lowest BCUT2D eigenvalue weighted by atomic mass is 10.2. The van der Waals surface area contributed by atoms with Crippen LogP contribution in [-0.4, -0.2) is 31.3 Å². The molecule has 5 heteroatoms. The summed E-state index contributed by atoms with van der Waals surface area (Å²) in [6.07, 6.45) is 3.39. The molecule has 0 saturated carbocycles. The number of rotatable bonds is 7. The molecule has 0 rings (SSSR count). The van der Waals surface area contributed by atoms with E-state index >= 15 is 0 Å². The minimum Gasteiger partial charge on any atom is -0.377 e. The van der Waals surface area contributed by atoms with Crippen molar-refractivity contribution < 1.29 is 13.5 Å². The Kier molecular flexibility index (Phi) is 6.28. The number of aliphatic hydroxyl groups excluding tert-OH is 1. The predicted octanol–water partition coefficient (Wildman–Crippen LogP) is 0.259. The third-order valence-corrected chi connectivity index (χ3v) is 3.80. The number of nitrogens with two attached hydrogens (primary N) is 1. The Morgan fingerprint density at radius 3 is 2.23 bits per heavy atom. The van der Waals surface area contributed by atoms with Crippen LogP contribution in [0.25, 0.3) is 0 Å². The zero-order valence-corrected chi connectivity index (χ0v) is 8.89. The van der Waals surface area contributed by atoms with Crippen molar-refractivity contribution in [3.05, 3.63) is 0 Å². The van der Waals surface area contributed by atoms with Gasteiger partial charge in [-0.15, -0.1) is 0 Å². The summed E-state index contributed by atoms with van der Waals surface area (Å²) < 4.78 is 22.2. The van der Waals surface area contributed by atoms with Crippen LogP contribution in [-0.2, 0) is 9.84 Å². The number of aliphatic hydroxyl groups is 1. The summed E-state index contributed by atoms with van der Waals surface area (Å²) in [7, 11) is -3.26. The third kappa shape index (κ3) is 6.01. The SMILES string of the molecule is CC(O)S(=O)(=O)CCCCCCN. The number of unbranched alkanes of at least 4 members (excludes halogenated alkanes) is 3. The second-order valence-corrected chi connectivity index (χ2v) is 5.59. The summed E-state index contributed by atoms with van der Waals surface area (Å²) >= 11 is 0. The molecule has 0 fully saturated rings. The molecule has 80 valence electrons. The Bertz CT molecular complexity index is 211.